The first-order chi connectivity index (χ1) is 21.8. The van der Waals surface area contributed by atoms with E-state index in [0.717, 1.165) is 6.42 Å². The summed E-state index contributed by atoms with van der Waals surface area (Å²) in [6, 6.07) is 54.4. The lowest BCUT2D eigenvalue weighted by Crippen LogP contribution is -1.91. The molecule has 204 valence electrons. The Balaban J connectivity index is 1.23. The van der Waals surface area contributed by atoms with E-state index >= 15 is 0 Å². The average molecular weight is 575 g/mol. The normalized spacial score (nSPS) is 12.5. The van der Waals surface area contributed by atoms with Crippen LogP contribution in [0.4, 0.5) is 0 Å². The van der Waals surface area contributed by atoms with Crippen LogP contribution in [0.1, 0.15) is 11.1 Å². The first-order valence-electron chi connectivity index (χ1n) is 15.3. The topological polar surface area (TPSA) is 0 Å². The molecule has 0 N–H and O–H groups in total. The third kappa shape index (κ3) is 3.39. The van der Waals surface area contributed by atoms with Crippen molar-refractivity contribution in [1.82, 2.24) is 0 Å². The van der Waals surface area contributed by atoms with Gasteiger partial charge < -0.3 is 0 Å². The molecule has 0 saturated carbocycles. The van der Waals surface area contributed by atoms with E-state index in [1.54, 1.807) is 0 Å². The summed E-state index contributed by atoms with van der Waals surface area (Å²) >= 11 is 1.88. The maximum atomic E-state index is 2.41. The van der Waals surface area contributed by atoms with Crippen LogP contribution in [0.5, 0.6) is 0 Å². The van der Waals surface area contributed by atoms with Gasteiger partial charge in [-0.2, -0.15) is 0 Å². The quantitative estimate of drug-likeness (QED) is 0.180. The molecule has 0 amide bonds. The molecule has 1 aromatic heterocycles. The predicted octanol–water partition coefficient (Wildman–Crippen LogP) is 12.4. The monoisotopic (exact) mass is 574 g/mol. The molecule has 0 atom stereocenters. The molecule has 0 spiro atoms. The maximum Gasteiger partial charge on any atom is 0.0355 e. The van der Waals surface area contributed by atoms with Gasteiger partial charge in [0.1, 0.15) is 0 Å². The van der Waals surface area contributed by atoms with E-state index in [1.807, 2.05) is 11.3 Å². The van der Waals surface area contributed by atoms with Gasteiger partial charge in [0, 0.05) is 20.2 Å². The Labute approximate surface area is 259 Å². The highest BCUT2D eigenvalue weighted by Gasteiger charge is 2.21. The van der Waals surface area contributed by atoms with Crippen LogP contribution in [0.25, 0.3) is 85.9 Å². The van der Waals surface area contributed by atoms with Crippen LogP contribution in [0.2, 0.25) is 0 Å². The molecule has 1 aliphatic carbocycles. The van der Waals surface area contributed by atoms with E-state index < -0.39 is 0 Å². The van der Waals surface area contributed by atoms with Crippen molar-refractivity contribution < 1.29 is 0 Å². The minimum atomic E-state index is 1.01. The van der Waals surface area contributed by atoms with E-state index in [1.165, 1.54) is 97.0 Å². The fourth-order valence-electron chi connectivity index (χ4n) is 7.75. The molecule has 1 heterocycles. The highest BCUT2D eigenvalue weighted by Crippen LogP contribution is 2.47. The second-order valence-electron chi connectivity index (χ2n) is 12.0. The Morgan fingerprint density at radius 2 is 0.977 bits per heavy atom. The van der Waals surface area contributed by atoms with Crippen molar-refractivity contribution in [3.8, 4) is 33.4 Å². The van der Waals surface area contributed by atoms with Crippen molar-refractivity contribution in [1.29, 1.82) is 0 Å². The van der Waals surface area contributed by atoms with Crippen molar-refractivity contribution in [2.75, 3.05) is 0 Å². The third-order valence-corrected chi connectivity index (χ3v) is 10.8. The lowest BCUT2D eigenvalue weighted by Gasteiger charge is -2.18. The first-order valence-corrected chi connectivity index (χ1v) is 16.1. The molecule has 1 aliphatic rings. The highest BCUT2D eigenvalue weighted by molar-refractivity contribution is 7.25. The predicted molar refractivity (Wildman–Crippen MR) is 191 cm³/mol. The van der Waals surface area contributed by atoms with Gasteiger partial charge in [-0.15, -0.1) is 11.3 Å². The molecule has 0 fully saturated rings. The molecule has 10 rings (SSSR count). The minimum absolute atomic E-state index is 1.01. The van der Waals surface area contributed by atoms with Crippen LogP contribution in [0, 0.1) is 0 Å². The van der Waals surface area contributed by atoms with Gasteiger partial charge in [-0.05, 0) is 108 Å². The standard InChI is InChI=1S/C43H26S/c1-2-10-30-26(9-1)24-38-31-20-18-28(23-27(31)17-21-32(30)38)42-34-12-3-5-14-36(34)43(37-15-6-4-13-35(37)42)29-19-22-41-39(25-29)33-11-7-8-16-40(33)44-41/h1-23,25H,24H2. The van der Waals surface area contributed by atoms with E-state index in [9.17, 15) is 0 Å². The molecule has 1 heteroatoms. The summed E-state index contributed by atoms with van der Waals surface area (Å²) in [7, 11) is 0. The van der Waals surface area contributed by atoms with Crippen molar-refractivity contribution >= 4 is 63.8 Å². The summed E-state index contributed by atoms with van der Waals surface area (Å²) in [5.41, 5.74) is 10.8. The van der Waals surface area contributed by atoms with Gasteiger partial charge in [0.15, 0.2) is 0 Å². The average Bonchev–Trinajstić information content (AvgIpc) is 3.65. The van der Waals surface area contributed by atoms with E-state index in [4.69, 9.17) is 0 Å². The molecule has 0 bridgehead atoms. The summed E-state index contributed by atoms with van der Waals surface area (Å²) in [5.74, 6) is 0. The van der Waals surface area contributed by atoms with Gasteiger partial charge in [-0.3, -0.25) is 0 Å². The molecule has 0 aliphatic heterocycles. The van der Waals surface area contributed by atoms with Crippen LogP contribution >= 0.6 is 11.3 Å². The number of hydrogen-bond acceptors (Lipinski definition) is 1. The van der Waals surface area contributed by atoms with Crippen molar-refractivity contribution in [3.63, 3.8) is 0 Å². The number of rotatable bonds is 2. The summed E-state index contributed by atoms with van der Waals surface area (Å²) in [4.78, 5) is 0. The van der Waals surface area contributed by atoms with Gasteiger partial charge >= 0.3 is 0 Å². The molecular formula is C43H26S. The van der Waals surface area contributed by atoms with Crippen LogP contribution in [0.3, 0.4) is 0 Å². The molecule has 0 radical (unpaired) electrons. The third-order valence-electron chi connectivity index (χ3n) is 9.69. The van der Waals surface area contributed by atoms with Crippen LogP contribution in [-0.2, 0) is 6.42 Å². The number of benzene rings is 8. The highest BCUT2D eigenvalue weighted by atomic mass is 32.1. The van der Waals surface area contributed by atoms with Crippen molar-refractivity contribution in [2.45, 2.75) is 6.42 Å². The SMILES string of the molecule is c1ccc2c(c1)Cc1c-2ccc2cc(-c3c4ccccc4c(-c4ccc5sc6ccccc6c5c4)c4ccccc34)ccc12. The Morgan fingerprint density at radius 1 is 0.386 bits per heavy atom. The Morgan fingerprint density at radius 3 is 1.73 bits per heavy atom. The molecule has 8 aromatic carbocycles. The largest absolute Gasteiger partial charge is 0.135 e. The fraction of sp³-hybridized carbons (Fsp3) is 0.0233. The van der Waals surface area contributed by atoms with Gasteiger partial charge in [0.2, 0.25) is 0 Å². The van der Waals surface area contributed by atoms with Gasteiger partial charge in [-0.25, -0.2) is 0 Å². The van der Waals surface area contributed by atoms with E-state index in [0.29, 0.717) is 0 Å². The van der Waals surface area contributed by atoms with Crippen molar-refractivity contribution in [3.05, 3.63) is 157 Å². The molecule has 44 heavy (non-hydrogen) atoms. The Kier molecular flexibility index (Phi) is 5.03. The summed E-state index contributed by atoms with van der Waals surface area (Å²) in [6.07, 6.45) is 1.01. The molecule has 9 aromatic rings. The van der Waals surface area contributed by atoms with Crippen molar-refractivity contribution in [2.24, 2.45) is 0 Å². The number of thiophene rings is 1. The van der Waals surface area contributed by atoms with Crippen LogP contribution in [0.15, 0.2) is 146 Å². The molecule has 0 saturated heterocycles. The van der Waals surface area contributed by atoms with Gasteiger partial charge in [0.25, 0.3) is 0 Å². The zero-order valence-corrected chi connectivity index (χ0v) is 24.8. The zero-order chi connectivity index (χ0) is 28.8. The fourth-order valence-corrected chi connectivity index (χ4v) is 8.84. The van der Waals surface area contributed by atoms with E-state index in [2.05, 4.69) is 146 Å². The van der Waals surface area contributed by atoms with Crippen LogP contribution < -0.4 is 0 Å². The molecular weight excluding hydrogens is 549 g/mol. The van der Waals surface area contributed by atoms with E-state index in [-0.39, 0.29) is 0 Å². The smallest absolute Gasteiger partial charge is 0.0355 e. The lowest BCUT2D eigenvalue weighted by molar-refractivity contribution is 1.28. The number of fused-ring (bicyclic) bond motifs is 10. The maximum absolute atomic E-state index is 2.41. The lowest BCUT2D eigenvalue weighted by atomic mass is 9.85. The Hall–Kier alpha value is -5.24. The van der Waals surface area contributed by atoms with Crippen LogP contribution in [-0.4, -0.2) is 0 Å². The number of hydrogen-bond donors (Lipinski definition) is 0. The first kappa shape index (κ1) is 24.2. The second kappa shape index (κ2) is 9.13. The summed E-state index contributed by atoms with van der Waals surface area (Å²) in [6.45, 7) is 0. The Bertz CT molecular complexity index is 2580. The summed E-state index contributed by atoms with van der Waals surface area (Å²) < 4.78 is 2.68. The molecule has 0 unspecified atom stereocenters. The summed E-state index contributed by atoms with van der Waals surface area (Å²) in [5, 5.41) is 10.5. The zero-order valence-electron chi connectivity index (χ0n) is 24.0. The minimum Gasteiger partial charge on any atom is -0.135 e. The molecule has 0 nitrogen and oxygen atoms in total. The van der Waals surface area contributed by atoms with Gasteiger partial charge in [-0.1, -0.05) is 121 Å². The second-order valence-corrected chi connectivity index (χ2v) is 13.1. The van der Waals surface area contributed by atoms with Gasteiger partial charge in [0.05, 0.1) is 0 Å².